The number of carboxylic acids is 1. The van der Waals surface area contributed by atoms with Crippen molar-refractivity contribution in [3.05, 3.63) is 29.3 Å². The number of aryl methyl sites for hydroxylation is 1. The van der Waals surface area contributed by atoms with Gasteiger partial charge in [0, 0.05) is 11.7 Å². The summed E-state index contributed by atoms with van der Waals surface area (Å²) in [5.74, 6) is -0.755. The summed E-state index contributed by atoms with van der Waals surface area (Å²) in [6.45, 7) is 1.91. The summed E-state index contributed by atoms with van der Waals surface area (Å²) in [4.78, 5) is 10.6. The Morgan fingerprint density at radius 1 is 1.41 bits per heavy atom. The molecule has 0 radical (unpaired) electrons. The van der Waals surface area contributed by atoms with E-state index in [2.05, 4.69) is 23.5 Å². The molecule has 1 aromatic carbocycles. The molecule has 0 amide bonds. The highest BCUT2D eigenvalue weighted by atomic mass is 16.4. The lowest BCUT2D eigenvalue weighted by Gasteiger charge is -2.22. The Bertz CT molecular complexity index is 415. The number of aliphatic carboxylic acids is 1. The lowest BCUT2D eigenvalue weighted by molar-refractivity contribution is -0.137. The van der Waals surface area contributed by atoms with E-state index < -0.39 is 5.97 Å². The molecule has 2 N–H and O–H groups in total. The fourth-order valence-electron chi connectivity index (χ4n) is 2.49. The van der Waals surface area contributed by atoms with Gasteiger partial charge in [0.05, 0.1) is 6.42 Å². The predicted octanol–water partition coefficient (Wildman–Crippen LogP) is 2.84. The number of carbonyl (C=O) groups is 1. The average molecular weight is 233 g/mol. The van der Waals surface area contributed by atoms with Gasteiger partial charge in [0.2, 0.25) is 0 Å². The molecule has 3 nitrogen and oxygen atoms in total. The number of rotatable bonds is 4. The van der Waals surface area contributed by atoms with E-state index in [0.29, 0.717) is 0 Å². The van der Waals surface area contributed by atoms with Crippen LogP contribution in [0.2, 0.25) is 0 Å². The van der Waals surface area contributed by atoms with Crippen LogP contribution in [-0.4, -0.2) is 17.1 Å². The first-order valence-corrected chi connectivity index (χ1v) is 6.26. The van der Waals surface area contributed by atoms with Crippen LogP contribution in [0.4, 0.5) is 5.69 Å². The summed E-state index contributed by atoms with van der Waals surface area (Å²) in [7, 11) is 0. The summed E-state index contributed by atoms with van der Waals surface area (Å²) < 4.78 is 0. The van der Waals surface area contributed by atoms with E-state index in [-0.39, 0.29) is 12.5 Å². The minimum atomic E-state index is -0.755. The van der Waals surface area contributed by atoms with Crippen molar-refractivity contribution in [1.29, 1.82) is 0 Å². The first kappa shape index (κ1) is 12.0. The number of benzene rings is 1. The second-order valence-electron chi connectivity index (χ2n) is 4.79. The molecule has 1 unspecified atom stereocenters. The summed E-state index contributed by atoms with van der Waals surface area (Å²) in [6.07, 6.45) is 4.92. The van der Waals surface area contributed by atoms with Crippen molar-refractivity contribution in [1.82, 2.24) is 0 Å². The summed E-state index contributed by atoms with van der Waals surface area (Å²) >= 11 is 0. The first-order chi connectivity index (χ1) is 8.16. The van der Waals surface area contributed by atoms with Gasteiger partial charge in [0.15, 0.2) is 0 Å². The molecule has 1 aromatic rings. The largest absolute Gasteiger partial charge is 0.481 e. The summed E-state index contributed by atoms with van der Waals surface area (Å²) in [5.41, 5.74) is 3.93. The third kappa shape index (κ3) is 2.99. The topological polar surface area (TPSA) is 49.3 Å². The highest BCUT2D eigenvalue weighted by molar-refractivity contribution is 5.68. The molecule has 0 aromatic heterocycles. The van der Waals surface area contributed by atoms with Crippen molar-refractivity contribution in [3.63, 3.8) is 0 Å². The molecule has 0 saturated heterocycles. The molecule has 0 saturated carbocycles. The van der Waals surface area contributed by atoms with Gasteiger partial charge in [-0.15, -0.1) is 0 Å². The second kappa shape index (κ2) is 5.21. The molecule has 92 valence electrons. The summed E-state index contributed by atoms with van der Waals surface area (Å²) in [6, 6.07) is 6.27. The normalized spacial score (nSPS) is 16.1. The van der Waals surface area contributed by atoms with E-state index in [1.54, 1.807) is 0 Å². The maximum atomic E-state index is 10.6. The molecule has 1 aliphatic rings. The van der Waals surface area contributed by atoms with Crippen LogP contribution >= 0.6 is 0 Å². The molecule has 0 fully saturated rings. The lowest BCUT2D eigenvalue weighted by Crippen LogP contribution is -2.21. The Labute approximate surface area is 102 Å². The van der Waals surface area contributed by atoms with Gasteiger partial charge in [0.1, 0.15) is 0 Å². The standard InChI is InChI=1S/C14H19NO2/c1-10(9-14(16)17)15-13-8-4-6-11-5-2-3-7-12(11)13/h4,6,8,10,15H,2-3,5,7,9H2,1H3,(H,16,17). The van der Waals surface area contributed by atoms with E-state index in [1.165, 1.54) is 24.0 Å². The van der Waals surface area contributed by atoms with Gasteiger partial charge in [-0.2, -0.15) is 0 Å². The molecule has 17 heavy (non-hydrogen) atoms. The van der Waals surface area contributed by atoms with Crippen molar-refractivity contribution in [3.8, 4) is 0 Å². The van der Waals surface area contributed by atoms with Gasteiger partial charge in [-0.25, -0.2) is 0 Å². The smallest absolute Gasteiger partial charge is 0.305 e. The SMILES string of the molecule is CC(CC(=O)O)Nc1cccc2c1CCCC2. The van der Waals surface area contributed by atoms with Crippen molar-refractivity contribution < 1.29 is 9.90 Å². The van der Waals surface area contributed by atoms with Crippen LogP contribution in [0.25, 0.3) is 0 Å². The highest BCUT2D eigenvalue weighted by Crippen LogP contribution is 2.28. The van der Waals surface area contributed by atoms with Crippen molar-refractivity contribution in [2.75, 3.05) is 5.32 Å². The Hall–Kier alpha value is -1.51. The van der Waals surface area contributed by atoms with Crippen LogP contribution < -0.4 is 5.32 Å². The molecular formula is C14H19NO2. The zero-order chi connectivity index (χ0) is 12.3. The molecule has 2 rings (SSSR count). The van der Waals surface area contributed by atoms with Gasteiger partial charge < -0.3 is 10.4 Å². The number of nitrogens with one attached hydrogen (secondary N) is 1. The monoisotopic (exact) mass is 233 g/mol. The van der Waals surface area contributed by atoms with Crippen LogP contribution in [0, 0.1) is 0 Å². The Morgan fingerprint density at radius 3 is 2.94 bits per heavy atom. The Morgan fingerprint density at radius 2 is 2.18 bits per heavy atom. The number of hydrogen-bond acceptors (Lipinski definition) is 2. The van der Waals surface area contributed by atoms with E-state index in [9.17, 15) is 4.79 Å². The van der Waals surface area contributed by atoms with Crippen molar-refractivity contribution in [2.24, 2.45) is 0 Å². The molecule has 0 aliphatic heterocycles. The molecule has 1 aliphatic carbocycles. The van der Waals surface area contributed by atoms with Crippen molar-refractivity contribution >= 4 is 11.7 Å². The molecule has 3 heteroatoms. The minimum Gasteiger partial charge on any atom is -0.481 e. The Balaban J connectivity index is 2.13. The van der Waals surface area contributed by atoms with E-state index in [0.717, 1.165) is 18.5 Å². The maximum absolute atomic E-state index is 10.6. The zero-order valence-corrected chi connectivity index (χ0v) is 10.2. The maximum Gasteiger partial charge on any atom is 0.305 e. The number of hydrogen-bond donors (Lipinski definition) is 2. The van der Waals surface area contributed by atoms with Gasteiger partial charge in [-0.3, -0.25) is 4.79 Å². The molecular weight excluding hydrogens is 214 g/mol. The van der Waals surface area contributed by atoms with Gasteiger partial charge >= 0.3 is 5.97 Å². The van der Waals surface area contributed by atoms with E-state index >= 15 is 0 Å². The Kier molecular flexibility index (Phi) is 3.67. The second-order valence-corrected chi connectivity index (χ2v) is 4.79. The van der Waals surface area contributed by atoms with Gasteiger partial charge in [0.25, 0.3) is 0 Å². The first-order valence-electron chi connectivity index (χ1n) is 6.26. The fourth-order valence-corrected chi connectivity index (χ4v) is 2.49. The number of anilines is 1. The van der Waals surface area contributed by atoms with Crippen molar-refractivity contribution in [2.45, 2.75) is 45.1 Å². The number of carboxylic acid groups (broad SMARTS) is 1. The average Bonchev–Trinajstić information content (AvgIpc) is 2.28. The molecule has 1 atom stereocenters. The fraction of sp³-hybridized carbons (Fsp3) is 0.500. The van der Waals surface area contributed by atoms with Crippen LogP contribution in [0.15, 0.2) is 18.2 Å². The van der Waals surface area contributed by atoms with Crippen LogP contribution in [0.3, 0.4) is 0 Å². The van der Waals surface area contributed by atoms with Gasteiger partial charge in [-0.05, 0) is 49.8 Å². The quantitative estimate of drug-likeness (QED) is 0.840. The molecule has 0 bridgehead atoms. The highest BCUT2D eigenvalue weighted by Gasteiger charge is 2.14. The summed E-state index contributed by atoms with van der Waals surface area (Å²) in [5, 5.41) is 12.1. The van der Waals surface area contributed by atoms with Crippen LogP contribution in [0.5, 0.6) is 0 Å². The minimum absolute atomic E-state index is 0.0269. The molecule has 0 spiro atoms. The van der Waals surface area contributed by atoms with E-state index in [4.69, 9.17) is 5.11 Å². The van der Waals surface area contributed by atoms with Crippen LogP contribution in [-0.2, 0) is 17.6 Å². The van der Waals surface area contributed by atoms with E-state index in [1.807, 2.05) is 6.92 Å². The zero-order valence-electron chi connectivity index (χ0n) is 10.2. The third-order valence-corrected chi connectivity index (χ3v) is 3.28. The molecule has 0 heterocycles. The van der Waals surface area contributed by atoms with Crippen LogP contribution in [0.1, 0.15) is 37.3 Å². The third-order valence-electron chi connectivity index (χ3n) is 3.28. The van der Waals surface area contributed by atoms with Gasteiger partial charge in [-0.1, -0.05) is 12.1 Å². The number of fused-ring (bicyclic) bond motifs is 1. The predicted molar refractivity (Wildman–Crippen MR) is 68.4 cm³/mol. The lowest BCUT2D eigenvalue weighted by atomic mass is 9.90.